The van der Waals surface area contributed by atoms with Gasteiger partial charge < -0.3 is 5.32 Å². The van der Waals surface area contributed by atoms with Gasteiger partial charge in [0.15, 0.2) is 4.96 Å². The van der Waals surface area contributed by atoms with E-state index in [1.54, 1.807) is 11.3 Å². The second-order valence-electron chi connectivity index (χ2n) is 5.78. The molecule has 3 nitrogen and oxygen atoms in total. The highest BCUT2D eigenvalue weighted by Gasteiger charge is 2.18. The third-order valence-electron chi connectivity index (χ3n) is 2.87. The van der Waals surface area contributed by atoms with Gasteiger partial charge in [0.25, 0.3) is 0 Å². The molecule has 0 fully saturated rings. The molecular formula is C13H21N3S. The summed E-state index contributed by atoms with van der Waals surface area (Å²) in [6.07, 6.45) is 6.37. The molecular weight excluding hydrogens is 230 g/mol. The van der Waals surface area contributed by atoms with Crippen LogP contribution in [0.2, 0.25) is 0 Å². The molecule has 1 N–H and O–H groups in total. The van der Waals surface area contributed by atoms with Gasteiger partial charge in [-0.2, -0.15) is 0 Å². The third kappa shape index (κ3) is 3.30. The average Bonchev–Trinajstić information content (AvgIpc) is 2.74. The fourth-order valence-corrected chi connectivity index (χ4v) is 2.86. The molecule has 0 aromatic carbocycles. The predicted molar refractivity (Wildman–Crippen MR) is 73.7 cm³/mol. The standard InChI is InChI=1S/C13H21N3S/c1-13(2,3)8-10(14-4)7-11-9-16-5-6-17-12(16)15-11/h5-6,9-10,14H,7-8H2,1-4H3. The normalized spacial score (nSPS) is 14.4. The number of nitrogens with one attached hydrogen (secondary N) is 1. The lowest BCUT2D eigenvalue weighted by atomic mass is 9.86. The summed E-state index contributed by atoms with van der Waals surface area (Å²) in [6.45, 7) is 6.84. The summed E-state index contributed by atoms with van der Waals surface area (Å²) in [7, 11) is 2.04. The van der Waals surface area contributed by atoms with E-state index in [-0.39, 0.29) is 0 Å². The molecule has 0 bridgehead atoms. The maximum Gasteiger partial charge on any atom is 0.193 e. The van der Waals surface area contributed by atoms with Crippen molar-refractivity contribution in [3.8, 4) is 0 Å². The molecule has 0 amide bonds. The lowest BCUT2D eigenvalue weighted by Gasteiger charge is -2.25. The van der Waals surface area contributed by atoms with E-state index in [0.717, 1.165) is 17.8 Å². The fourth-order valence-electron chi connectivity index (χ4n) is 2.14. The Morgan fingerprint density at radius 1 is 1.47 bits per heavy atom. The van der Waals surface area contributed by atoms with E-state index in [0.29, 0.717) is 11.5 Å². The van der Waals surface area contributed by atoms with Gasteiger partial charge in [0.1, 0.15) is 0 Å². The van der Waals surface area contributed by atoms with Gasteiger partial charge >= 0.3 is 0 Å². The van der Waals surface area contributed by atoms with Crippen molar-refractivity contribution < 1.29 is 0 Å². The van der Waals surface area contributed by atoms with Gasteiger partial charge in [0.05, 0.1) is 5.69 Å². The van der Waals surface area contributed by atoms with Crippen molar-refractivity contribution in [2.75, 3.05) is 7.05 Å². The van der Waals surface area contributed by atoms with Crippen molar-refractivity contribution in [2.24, 2.45) is 5.41 Å². The number of likely N-dealkylation sites (N-methyl/N-ethyl adjacent to an activating group) is 1. The van der Waals surface area contributed by atoms with Crippen molar-refractivity contribution in [1.82, 2.24) is 14.7 Å². The number of imidazole rings is 1. The Morgan fingerprint density at radius 3 is 2.82 bits per heavy atom. The molecule has 0 aliphatic rings. The first-order chi connectivity index (χ1) is 7.98. The molecule has 0 aliphatic carbocycles. The summed E-state index contributed by atoms with van der Waals surface area (Å²) in [4.78, 5) is 5.72. The first-order valence-corrected chi connectivity index (χ1v) is 6.94. The predicted octanol–water partition coefficient (Wildman–Crippen LogP) is 2.96. The molecule has 0 saturated heterocycles. The molecule has 2 heterocycles. The first-order valence-electron chi connectivity index (χ1n) is 6.06. The van der Waals surface area contributed by atoms with Crippen molar-refractivity contribution in [3.05, 3.63) is 23.5 Å². The Kier molecular flexibility index (Phi) is 3.54. The maximum atomic E-state index is 4.63. The second-order valence-corrected chi connectivity index (χ2v) is 6.65. The van der Waals surface area contributed by atoms with Gasteiger partial charge in [0.2, 0.25) is 0 Å². The summed E-state index contributed by atoms with van der Waals surface area (Å²) in [5.74, 6) is 0. The van der Waals surface area contributed by atoms with Crippen LogP contribution >= 0.6 is 11.3 Å². The number of fused-ring (bicyclic) bond motifs is 1. The highest BCUT2D eigenvalue weighted by Crippen LogP contribution is 2.22. The van der Waals surface area contributed by atoms with Crippen LogP contribution in [0.4, 0.5) is 0 Å². The van der Waals surface area contributed by atoms with Gasteiger partial charge in [0, 0.05) is 30.2 Å². The molecule has 1 unspecified atom stereocenters. The molecule has 17 heavy (non-hydrogen) atoms. The quantitative estimate of drug-likeness (QED) is 0.905. The van der Waals surface area contributed by atoms with Gasteiger partial charge in [-0.3, -0.25) is 4.40 Å². The van der Waals surface area contributed by atoms with Gasteiger partial charge in [-0.1, -0.05) is 20.8 Å². The van der Waals surface area contributed by atoms with Crippen LogP contribution in [0.3, 0.4) is 0 Å². The van der Waals surface area contributed by atoms with Crippen molar-refractivity contribution in [3.63, 3.8) is 0 Å². The summed E-state index contributed by atoms with van der Waals surface area (Å²) in [5, 5.41) is 5.46. The highest BCUT2D eigenvalue weighted by atomic mass is 32.1. The van der Waals surface area contributed by atoms with Crippen LogP contribution in [0.15, 0.2) is 17.8 Å². The van der Waals surface area contributed by atoms with Crippen molar-refractivity contribution in [1.29, 1.82) is 0 Å². The van der Waals surface area contributed by atoms with E-state index < -0.39 is 0 Å². The highest BCUT2D eigenvalue weighted by molar-refractivity contribution is 7.15. The minimum atomic E-state index is 0.352. The Morgan fingerprint density at radius 2 is 2.24 bits per heavy atom. The van der Waals surface area contributed by atoms with E-state index in [1.807, 2.05) is 7.05 Å². The van der Waals surface area contributed by atoms with Crippen LogP contribution in [0.5, 0.6) is 0 Å². The molecule has 4 heteroatoms. The zero-order valence-electron chi connectivity index (χ0n) is 11.0. The molecule has 1 atom stereocenters. The molecule has 94 valence electrons. The summed E-state index contributed by atoms with van der Waals surface area (Å²) >= 11 is 1.69. The monoisotopic (exact) mass is 251 g/mol. The van der Waals surface area contributed by atoms with E-state index in [4.69, 9.17) is 0 Å². The van der Waals surface area contributed by atoms with Gasteiger partial charge in [-0.15, -0.1) is 11.3 Å². The molecule has 0 spiro atoms. The average molecular weight is 251 g/mol. The topological polar surface area (TPSA) is 29.3 Å². The number of aromatic nitrogens is 2. The molecule has 0 saturated carbocycles. The molecule has 2 aromatic heterocycles. The van der Waals surface area contributed by atoms with Gasteiger partial charge in [-0.25, -0.2) is 4.98 Å². The van der Waals surface area contributed by atoms with E-state index >= 15 is 0 Å². The molecule has 0 aliphatic heterocycles. The number of hydrogen-bond donors (Lipinski definition) is 1. The summed E-state index contributed by atoms with van der Waals surface area (Å²) in [5.41, 5.74) is 1.53. The van der Waals surface area contributed by atoms with Crippen LogP contribution in [0.25, 0.3) is 4.96 Å². The van der Waals surface area contributed by atoms with Crippen LogP contribution in [0.1, 0.15) is 32.9 Å². The summed E-state index contributed by atoms with van der Waals surface area (Å²) in [6, 6.07) is 0.500. The zero-order chi connectivity index (χ0) is 12.5. The summed E-state index contributed by atoms with van der Waals surface area (Å²) < 4.78 is 2.10. The SMILES string of the molecule is CNC(Cc1cn2ccsc2n1)CC(C)(C)C. The number of thiazole rings is 1. The fraction of sp³-hybridized carbons (Fsp3) is 0.615. The third-order valence-corrected chi connectivity index (χ3v) is 3.64. The number of rotatable bonds is 4. The maximum absolute atomic E-state index is 4.63. The molecule has 0 radical (unpaired) electrons. The Hall–Kier alpha value is -0.870. The largest absolute Gasteiger partial charge is 0.317 e. The smallest absolute Gasteiger partial charge is 0.193 e. The second kappa shape index (κ2) is 4.78. The molecule has 2 aromatic rings. The minimum Gasteiger partial charge on any atom is -0.317 e. The number of nitrogens with zero attached hydrogens (tertiary/aromatic N) is 2. The van der Waals surface area contributed by atoms with Crippen LogP contribution < -0.4 is 5.32 Å². The van der Waals surface area contributed by atoms with Crippen molar-refractivity contribution >= 4 is 16.3 Å². The number of hydrogen-bond acceptors (Lipinski definition) is 3. The Labute approximate surface area is 107 Å². The lowest BCUT2D eigenvalue weighted by Crippen LogP contribution is -2.32. The van der Waals surface area contributed by atoms with E-state index in [1.165, 1.54) is 5.69 Å². The lowest BCUT2D eigenvalue weighted by molar-refractivity contribution is 0.315. The van der Waals surface area contributed by atoms with E-state index in [9.17, 15) is 0 Å². The van der Waals surface area contributed by atoms with Gasteiger partial charge in [-0.05, 0) is 18.9 Å². The Bertz CT molecular complexity index is 450. The van der Waals surface area contributed by atoms with Crippen LogP contribution in [-0.2, 0) is 6.42 Å². The zero-order valence-corrected chi connectivity index (χ0v) is 11.8. The van der Waals surface area contributed by atoms with E-state index in [2.05, 4.69) is 53.2 Å². The molecule has 2 rings (SSSR count). The first kappa shape index (κ1) is 12.6. The van der Waals surface area contributed by atoms with Crippen LogP contribution in [0, 0.1) is 5.41 Å². The van der Waals surface area contributed by atoms with Crippen molar-refractivity contribution in [2.45, 2.75) is 39.7 Å². The Balaban J connectivity index is 2.05. The van der Waals surface area contributed by atoms with Crippen LogP contribution in [-0.4, -0.2) is 22.5 Å². The minimum absolute atomic E-state index is 0.352.